The molecule has 1 aromatic heterocycles. The zero-order chi connectivity index (χ0) is 14.5. The smallest absolute Gasteiger partial charge is 0.122 e. The van der Waals surface area contributed by atoms with Crippen molar-refractivity contribution in [2.24, 2.45) is 0 Å². The molecule has 0 unspecified atom stereocenters. The first-order valence-corrected chi connectivity index (χ1v) is 7.64. The number of methoxy groups -OCH3 is 1. The molecule has 3 nitrogen and oxygen atoms in total. The molecule has 3 heteroatoms. The van der Waals surface area contributed by atoms with Crippen molar-refractivity contribution in [2.45, 2.75) is 25.2 Å². The maximum atomic E-state index is 5.43. The van der Waals surface area contributed by atoms with Crippen LogP contribution in [0.4, 0.5) is 0 Å². The Kier molecular flexibility index (Phi) is 4.51. The number of ether oxygens (including phenoxy) is 1. The molecular weight excluding hydrogens is 260 g/mol. The van der Waals surface area contributed by atoms with E-state index in [2.05, 4.69) is 28.5 Å². The highest BCUT2D eigenvalue weighted by atomic mass is 16.5. The number of nitrogens with zero attached hydrogens (tertiary/aromatic N) is 1. The van der Waals surface area contributed by atoms with Gasteiger partial charge in [-0.2, -0.15) is 0 Å². The molecular formula is C18H22N2O. The Morgan fingerprint density at radius 1 is 1.29 bits per heavy atom. The summed E-state index contributed by atoms with van der Waals surface area (Å²) in [7, 11) is 1.72. The molecule has 2 heterocycles. The summed E-state index contributed by atoms with van der Waals surface area (Å²) in [5, 5.41) is 3.48. The molecule has 1 aromatic carbocycles. The van der Waals surface area contributed by atoms with Gasteiger partial charge < -0.3 is 10.1 Å². The van der Waals surface area contributed by atoms with E-state index < -0.39 is 0 Å². The van der Waals surface area contributed by atoms with Crippen LogP contribution < -0.4 is 10.1 Å². The number of para-hydroxylation sites is 1. The summed E-state index contributed by atoms with van der Waals surface area (Å²) < 4.78 is 5.43. The van der Waals surface area contributed by atoms with Crippen LogP contribution in [0.25, 0.3) is 0 Å². The monoisotopic (exact) mass is 282 g/mol. The second-order valence-corrected chi connectivity index (χ2v) is 5.61. The lowest BCUT2D eigenvalue weighted by Crippen LogP contribution is -2.28. The molecule has 0 bridgehead atoms. The number of piperidine rings is 1. The summed E-state index contributed by atoms with van der Waals surface area (Å²) in [4.78, 5) is 4.53. The maximum Gasteiger partial charge on any atom is 0.122 e. The second kappa shape index (κ2) is 6.72. The van der Waals surface area contributed by atoms with Gasteiger partial charge in [-0.15, -0.1) is 0 Å². The Bertz CT molecular complexity index is 591. The molecule has 0 saturated carbocycles. The number of aromatic nitrogens is 1. The summed E-state index contributed by atoms with van der Waals surface area (Å²) in [5.74, 6) is 1.56. The average molecular weight is 282 g/mol. The van der Waals surface area contributed by atoms with Crippen LogP contribution in [0.5, 0.6) is 5.75 Å². The first-order valence-electron chi connectivity index (χ1n) is 7.64. The second-order valence-electron chi connectivity index (χ2n) is 5.61. The number of pyridine rings is 1. The molecule has 1 atom stereocenters. The van der Waals surface area contributed by atoms with Crippen molar-refractivity contribution in [3.05, 3.63) is 59.4 Å². The summed E-state index contributed by atoms with van der Waals surface area (Å²) >= 11 is 0. The van der Waals surface area contributed by atoms with Crippen molar-refractivity contribution >= 4 is 0 Å². The van der Waals surface area contributed by atoms with Crippen molar-refractivity contribution in [2.75, 3.05) is 20.2 Å². The van der Waals surface area contributed by atoms with E-state index in [4.69, 9.17) is 4.74 Å². The number of benzene rings is 1. The highest BCUT2D eigenvalue weighted by Crippen LogP contribution is 2.25. The van der Waals surface area contributed by atoms with E-state index in [1.165, 1.54) is 24.0 Å². The largest absolute Gasteiger partial charge is 0.496 e. The molecule has 0 amide bonds. The van der Waals surface area contributed by atoms with Crippen molar-refractivity contribution < 1.29 is 4.74 Å². The molecule has 1 fully saturated rings. The van der Waals surface area contributed by atoms with Gasteiger partial charge >= 0.3 is 0 Å². The highest BCUT2D eigenvalue weighted by molar-refractivity contribution is 5.37. The minimum absolute atomic E-state index is 0.623. The number of hydrogen-bond donors (Lipinski definition) is 1. The van der Waals surface area contributed by atoms with Gasteiger partial charge in [0, 0.05) is 30.4 Å². The molecule has 3 rings (SSSR count). The molecule has 1 saturated heterocycles. The first-order chi connectivity index (χ1) is 10.4. The molecule has 2 aromatic rings. The van der Waals surface area contributed by atoms with Gasteiger partial charge in [-0.05, 0) is 49.1 Å². The summed E-state index contributed by atoms with van der Waals surface area (Å²) in [6.45, 7) is 2.23. The molecule has 0 radical (unpaired) electrons. The third-order valence-electron chi connectivity index (χ3n) is 4.17. The fraction of sp³-hybridized carbons (Fsp3) is 0.389. The fourth-order valence-electron chi connectivity index (χ4n) is 3.03. The SMILES string of the molecule is COc1ccccc1Cc1cc([C@@H]2CCCNC2)ccn1. The van der Waals surface area contributed by atoms with Crippen LogP contribution in [-0.2, 0) is 6.42 Å². The topological polar surface area (TPSA) is 34.1 Å². The van der Waals surface area contributed by atoms with Crippen LogP contribution in [0.15, 0.2) is 42.6 Å². The van der Waals surface area contributed by atoms with Crippen LogP contribution in [0, 0.1) is 0 Å². The molecule has 0 spiro atoms. The van der Waals surface area contributed by atoms with Crippen LogP contribution in [-0.4, -0.2) is 25.2 Å². The highest BCUT2D eigenvalue weighted by Gasteiger charge is 2.15. The predicted molar refractivity (Wildman–Crippen MR) is 84.9 cm³/mol. The minimum Gasteiger partial charge on any atom is -0.496 e. The van der Waals surface area contributed by atoms with Gasteiger partial charge in [0.15, 0.2) is 0 Å². The number of nitrogens with one attached hydrogen (secondary N) is 1. The Hall–Kier alpha value is -1.87. The van der Waals surface area contributed by atoms with E-state index in [1.54, 1.807) is 7.11 Å². The normalized spacial score (nSPS) is 18.4. The Morgan fingerprint density at radius 3 is 3.00 bits per heavy atom. The lowest BCUT2D eigenvalue weighted by Gasteiger charge is -2.23. The van der Waals surface area contributed by atoms with Crippen molar-refractivity contribution in [1.82, 2.24) is 10.3 Å². The minimum atomic E-state index is 0.623. The third-order valence-corrected chi connectivity index (χ3v) is 4.17. The molecule has 0 aliphatic carbocycles. The summed E-state index contributed by atoms with van der Waals surface area (Å²) in [5.41, 5.74) is 3.70. The lowest BCUT2D eigenvalue weighted by molar-refractivity contribution is 0.410. The van der Waals surface area contributed by atoms with Gasteiger partial charge in [0.25, 0.3) is 0 Å². The van der Waals surface area contributed by atoms with E-state index in [0.717, 1.165) is 31.0 Å². The number of hydrogen-bond acceptors (Lipinski definition) is 3. The molecule has 1 N–H and O–H groups in total. The summed E-state index contributed by atoms with van der Waals surface area (Å²) in [6.07, 6.45) is 5.28. The van der Waals surface area contributed by atoms with E-state index >= 15 is 0 Å². The Morgan fingerprint density at radius 2 is 2.19 bits per heavy atom. The quantitative estimate of drug-likeness (QED) is 0.935. The van der Waals surface area contributed by atoms with Crippen LogP contribution in [0.2, 0.25) is 0 Å². The van der Waals surface area contributed by atoms with Gasteiger partial charge in [-0.1, -0.05) is 18.2 Å². The predicted octanol–water partition coefficient (Wildman–Crippen LogP) is 3.15. The van der Waals surface area contributed by atoms with Crippen LogP contribution >= 0.6 is 0 Å². The standard InChI is InChI=1S/C18H22N2O/c1-21-18-7-3-2-5-15(18)12-17-11-14(8-10-20-17)16-6-4-9-19-13-16/h2-3,5,7-8,10-11,16,19H,4,6,9,12-13H2,1H3/t16-/m1/s1. The molecule has 1 aliphatic heterocycles. The zero-order valence-corrected chi connectivity index (χ0v) is 12.5. The van der Waals surface area contributed by atoms with E-state index in [-0.39, 0.29) is 0 Å². The van der Waals surface area contributed by atoms with E-state index in [1.807, 2.05) is 24.4 Å². The van der Waals surface area contributed by atoms with Crippen LogP contribution in [0.1, 0.15) is 35.6 Å². The molecule has 1 aliphatic rings. The first kappa shape index (κ1) is 14.1. The van der Waals surface area contributed by atoms with Crippen molar-refractivity contribution in [1.29, 1.82) is 0 Å². The Labute approximate surface area is 126 Å². The van der Waals surface area contributed by atoms with Crippen molar-refractivity contribution in [3.8, 4) is 5.75 Å². The fourth-order valence-corrected chi connectivity index (χ4v) is 3.03. The third kappa shape index (κ3) is 3.42. The summed E-state index contributed by atoms with van der Waals surface area (Å²) in [6, 6.07) is 12.6. The maximum absolute atomic E-state index is 5.43. The van der Waals surface area contributed by atoms with Crippen LogP contribution in [0.3, 0.4) is 0 Å². The lowest BCUT2D eigenvalue weighted by atomic mass is 9.91. The molecule has 110 valence electrons. The van der Waals surface area contributed by atoms with Gasteiger partial charge in [0.1, 0.15) is 5.75 Å². The van der Waals surface area contributed by atoms with Gasteiger partial charge in [0.05, 0.1) is 7.11 Å². The van der Waals surface area contributed by atoms with Crippen molar-refractivity contribution in [3.63, 3.8) is 0 Å². The number of rotatable bonds is 4. The Balaban J connectivity index is 1.79. The van der Waals surface area contributed by atoms with Gasteiger partial charge in [-0.25, -0.2) is 0 Å². The van der Waals surface area contributed by atoms with Gasteiger partial charge in [0.2, 0.25) is 0 Å². The average Bonchev–Trinajstić information content (AvgIpc) is 2.56. The van der Waals surface area contributed by atoms with E-state index in [9.17, 15) is 0 Å². The van der Waals surface area contributed by atoms with E-state index in [0.29, 0.717) is 5.92 Å². The van der Waals surface area contributed by atoms with Gasteiger partial charge in [-0.3, -0.25) is 4.98 Å². The molecule has 21 heavy (non-hydrogen) atoms. The zero-order valence-electron chi connectivity index (χ0n) is 12.5.